The molecule has 0 spiro atoms. The molecule has 2 aliphatic carbocycles. The Balaban J connectivity index is 1.71. The molecule has 4 nitrogen and oxygen atoms in total. The molecule has 168 valence electrons. The summed E-state index contributed by atoms with van der Waals surface area (Å²) < 4.78 is 0. The first kappa shape index (κ1) is 24.6. The molecule has 6 atom stereocenters. The standard InChI is InChI=1S/C25H45NO3/c1-3-4-8-19(2)15-22(28)10-11-23-24-17-20(16-21(24)18-25(23)29)9-6-5-7-12-26-13-14-27/h10-11,16,19,21-29H,3-9,12-15,17-18H2,1-2H3/t19-,21-,22+,23+,24-,25+/m0/s1. The van der Waals surface area contributed by atoms with Crippen molar-refractivity contribution in [1.82, 2.24) is 5.32 Å². The number of aliphatic hydroxyl groups excluding tert-OH is 3. The number of allylic oxidation sites excluding steroid dienone is 2. The van der Waals surface area contributed by atoms with Gasteiger partial charge in [-0.1, -0.05) is 63.3 Å². The average Bonchev–Trinajstić information content (AvgIpc) is 3.20. The number of nitrogens with one attached hydrogen (secondary N) is 1. The zero-order valence-electron chi connectivity index (χ0n) is 18.7. The quantitative estimate of drug-likeness (QED) is 0.242. The van der Waals surface area contributed by atoms with Crippen LogP contribution in [0, 0.1) is 23.7 Å². The largest absolute Gasteiger partial charge is 0.395 e. The predicted octanol–water partition coefficient (Wildman–Crippen LogP) is 4.21. The van der Waals surface area contributed by atoms with Gasteiger partial charge in [0.1, 0.15) is 0 Å². The molecule has 0 bridgehead atoms. The molecule has 29 heavy (non-hydrogen) atoms. The Morgan fingerprint density at radius 3 is 2.79 bits per heavy atom. The molecular weight excluding hydrogens is 362 g/mol. The van der Waals surface area contributed by atoms with E-state index in [-0.39, 0.29) is 24.7 Å². The highest BCUT2D eigenvalue weighted by Gasteiger charge is 2.43. The lowest BCUT2D eigenvalue weighted by Crippen LogP contribution is -2.19. The molecule has 1 saturated carbocycles. The van der Waals surface area contributed by atoms with Crippen molar-refractivity contribution in [3.05, 3.63) is 23.8 Å². The zero-order chi connectivity index (χ0) is 21.1. The summed E-state index contributed by atoms with van der Waals surface area (Å²) in [5.41, 5.74) is 1.57. The van der Waals surface area contributed by atoms with E-state index in [1.165, 1.54) is 44.9 Å². The van der Waals surface area contributed by atoms with Crippen LogP contribution in [0.3, 0.4) is 0 Å². The number of aliphatic hydroxyl groups is 3. The van der Waals surface area contributed by atoms with Crippen LogP contribution in [0.25, 0.3) is 0 Å². The fourth-order valence-electron chi connectivity index (χ4n) is 5.19. The summed E-state index contributed by atoms with van der Waals surface area (Å²) in [6.07, 6.45) is 17.1. The molecule has 0 aromatic rings. The Bertz CT molecular complexity index is 504. The van der Waals surface area contributed by atoms with Crippen LogP contribution in [0.15, 0.2) is 23.8 Å². The molecule has 4 heteroatoms. The van der Waals surface area contributed by atoms with Crippen LogP contribution in [0.1, 0.15) is 78.1 Å². The van der Waals surface area contributed by atoms with Crippen LogP contribution in [0.4, 0.5) is 0 Å². The minimum absolute atomic E-state index is 0.192. The molecule has 2 rings (SSSR count). The molecule has 0 radical (unpaired) electrons. The molecule has 0 amide bonds. The van der Waals surface area contributed by atoms with Gasteiger partial charge < -0.3 is 20.6 Å². The Labute approximate surface area is 178 Å². The van der Waals surface area contributed by atoms with Gasteiger partial charge in [0.05, 0.1) is 18.8 Å². The summed E-state index contributed by atoms with van der Waals surface area (Å²) in [6.45, 7) is 6.33. The Kier molecular flexibility index (Phi) is 11.5. The molecule has 4 N–H and O–H groups in total. The topological polar surface area (TPSA) is 72.7 Å². The van der Waals surface area contributed by atoms with Gasteiger partial charge in [0.25, 0.3) is 0 Å². The van der Waals surface area contributed by atoms with Crippen LogP contribution >= 0.6 is 0 Å². The normalized spacial score (nSPS) is 28.7. The smallest absolute Gasteiger partial charge is 0.0723 e. The van der Waals surface area contributed by atoms with Gasteiger partial charge in [0.15, 0.2) is 0 Å². The number of unbranched alkanes of at least 4 members (excludes halogenated alkanes) is 3. The third-order valence-electron chi connectivity index (χ3n) is 6.84. The minimum Gasteiger partial charge on any atom is -0.395 e. The summed E-state index contributed by atoms with van der Waals surface area (Å²) in [5.74, 6) is 1.78. The lowest BCUT2D eigenvalue weighted by atomic mass is 9.88. The number of rotatable bonds is 15. The van der Waals surface area contributed by atoms with Gasteiger partial charge in [0.2, 0.25) is 0 Å². The van der Waals surface area contributed by atoms with Crippen LogP contribution < -0.4 is 5.32 Å². The molecule has 2 aliphatic rings. The van der Waals surface area contributed by atoms with E-state index in [1.54, 1.807) is 5.57 Å². The first-order valence-electron chi connectivity index (χ1n) is 12.1. The molecule has 0 aromatic heterocycles. The lowest BCUT2D eigenvalue weighted by Gasteiger charge is -2.19. The Morgan fingerprint density at radius 2 is 2.03 bits per heavy atom. The van der Waals surface area contributed by atoms with E-state index < -0.39 is 0 Å². The summed E-state index contributed by atoms with van der Waals surface area (Å²) in [5, 5.41) is 32.9. The molecule has 0 aromatic carbocycles. The zero-order valence-corrected chi connectivity index (χ0v) is 18.7. The van der Waals surface area contributed by atoms with Crippen molar-refractivity contribution in [2.24, 2.45) is 23.7 Å². The molecule has 1 fully saturated rings. The van der Waals surface area contributed by atoms with E-state index in [0.29, 0.717) is 24.3 Å². The predicted molar refractivity (Wildman–Crippen MR) is 121 cm³/mol. The van der Waals surface area contributed by atoms with E-state index in [1.807, 2.05) is 6.08 Å². The highest BCUT2D eigenvalue weighted by molar-refractivity contribution is 5.21. The maximum atomic E-state index is 10.5. The van der Waals surface area contributed by atoms with Crippen LogP contribution in [-0.2, 0) is 0 Å². The third-order valence-corrected chi connectivity index (χ3v) is 6.84. The fourth-order valence-corrected chi connectivity index (χ4v) is 5.19. The molecule has 0 saturated heterocycles. The summed E-state index contributed by atoms with van der Waals surface area (Å²) in [4.78, 5) is 0. The highest BCUT2D eigenvalue weighted by atomic mass is 16.3. The van der Waals surface area contributed by atoms with Crippen LogP contribution in [-0.4, -0.2) is 47.2 Å². The fraction of sp³-hybridized carbons (Fsp3) is 0.840. The van der Waals surface area contributed by atoms with Gasteiger partial charge >= 0.3 is 0 Å². The third kappa shape index (κ3) is 8.53. The van der Waals surface area contributed by atoms with Crippen molar-refractivity contribution >= 4 is 0 Å². The average molecular weight is 408 g/mol. The summed E-state index contributed by atoms with van der Waals surface area (Å²) >= 11 is 0. The lowest BCUT2D eigenvalue weighted by molar-refractivity contribution is 0.139. The van der Waals surface area contributed by atoms with E-state index in [9.17, 15) is 10.2 Å². The van der Waals surface area contributed by atoms with E-state index in [4.69, 9.17) is 5.11 Å². The van der Waals surface area contributed by atoms with E-state index in [2.05, 4.69) is 31.3 Å². The molecule has 0 aliphatic heterocycles. The van der Waals surface area contributed by atoms with Crippen molar-refractivity contribution < 1.29 is 15.3 Å². The first-order valence-corrected chi connectivity index (χ1v) is 12.1. The second-order valence-electron chi connectivity index (χ2n) is 9.46. The van der Waals surface area contributed by atoms with Gasteiger partial charge in [-0.25, -0.2) is 0 Å². The van der Waals surface area contributed by atoms with Crippen molar-refractivity contribution in [2.45, 2.75) is 90.3 Å². The van der Waals surface area contributed by atoms with Crippen LogP contribution in [0.5, 0.6) is 0 Å². The monoisotopic (exact) mass is 407 g/mol. The SMILES string of the molecule is CCCC[C@H](C)C[C@H](O)C=C[C@@H]1[C@H]2CC(CCCCCNCCO)=C[C@H]2C[C@H]1O. The molecular formula is C25H45NO3. The second kappa shape index (κ2) is 13.6. The highest BCUT2D eigenvalue weighted by Crippen LogP contribution is 2.48. The van der Waals surface area contributed by atoms with Crippen LogP contribution in [0.2, 0.25) is 0 Å². The minimum atomic E-state index is -0.388. The van der Waals surface area contributed by atoms with Crippen molar-refractivity contribution in [1.29, 1.82) is 0 Å². The summed E-state index contributed by atoms with van der Waals surface area (Å²) in [6, 6.07) is 0. The van der Waals surface area contributed by atoms with Crippen molar-refractivity contribution in [3.8, 4) is 0 Å². The van der Waals surface area contributed by atoms with Gasteiger partial charge in [-0.2, -0.15) is 0 Å². The Morgan fingerprint density at radius 1 is 1.21 bits per heavy atom. The number of fused-ring (bicyclic) bond motifs is 1. The maximum absolute atomic E-state index is 10.5. The van der Waals surface area contributed by atoms with Gasteiger partial charge in [-0.15, -0.1) is 0 Å². The van der Waals surface area contributed by atoms with E-state index in [0.717, 1.165) is 25.8 Å². The van der Waals surface area contributed by atoms with Crippen molar-refractivity contribution in [2.75, 3.05) is 19.7 Å². The van der Waals surface area contributed by atoms with Gasteiger partial charge in [0, 0.05) is 12.5 Å². The Hall–Kier alpha value is -0.680. The number of hydrogen-bond donors (Lipinski definition) is 4. The summed E-state index contributed by atoms with van der Waals surface area (Å²) in [7, 11) is 0. The number of hydrogen-bond acceptors (Lipinski definition) is 4. The van der Waals surface area contributed by atoms with Gasteiger partial charge in [-0.05, 0) is 62.8 Å². The maximum Gasteiger partial charge on any atom is 0.0723 e. The van der Waals surface area contributed by atoms with Gasteiger partial charge in [-0.3, -0.25) is 0 Å². The van der Waals surface area contributed by atoms with Crippen molar-refractivity contribution in [3.63, 3.8) is 0 Å². The van der Waals surface area contributed by atoms with E-state index >= 15 is 0 Å². The first-order chi connectivity index (χ1) is 14.0. The molecule has 0 unspecified atom stereocenters. The molecule has 0 heterocycles. The second-order valence-corrected chi connectivity index (χ2v) is 9.46.